The summed E-state index contributed by atoms with van der Waals surface area (Å²) < 4.78 is 5.11. The molecule has 1 heterocycles. The van der Waals surface area contributed by atoms with Crippen molar-refractivity contribution in [3.63, 3.8) is 0 Å². The summed E-state index contributed by atoms with van der Waals surface area (Å²) in [6, 6.07) is 6.93. The molecule has 1 N–H and O–H groups in total. The smallest absolute Gasteiger partial charge is 0.261 e. The number of aromatic hydroxyl groups is 1. The van der Waals surface area contributed by atoms with Gasteiger partial charge in [0.2, 0.25) is 0 Å². The summed E-state index contributed by atoms with van der Waals surface area (Å²) in [5.74, 6) is 1.68. The number of para-hydroxylation sites is 1. The topological polar surface area (TPSA) is 59.2 Å². The van der Waals surface area contributed by atoms with Gasteiger partial charge in [-0.15, -0.1) is 0 Å². The Labute approximate surface area is 93.9 Å². The molecule has 84 valence electrons. The van der Waals surface area contributed by atoms with Gasteiger partial charge >= 0.3 is 0 Å². The largest absolute Gasteiger partial charge is 0.507 e. The minimum Gasteiger partial charge on any atom is -0.507 e. The van der Waals surface area contributed by atoms with Crippen molar-refractivity contribution in [2.45, 2.75) is 20.3 Å². The van der Waals surface area contributed by atoms with Crippen LogP contribution < -0.4 is 0 Å². The highest BCUT2D eigenvalue weighted by molar-refractivity contribution is 5.61. The summed E-state index contributed by atoms with van der Waals surface area (Å²) in [5.41, 5.74) is 0.574. The van der Waals surface area contributed by atoms with E-state index >= 15 is 0 Å². The lowest BCUT2D eigenvalue weighted by Crippen LogP contribution is -1.95. The standard InChI is InChI=1S/C12H14N2O2/c1-8(2)7-11-13-12(16-14-11)9-5-3-4-6-10(9)15/h3-6,8,15H,7H2,1-2H3. The Kier molecular flexibility index (Phi) is 2.90. The minimum absolute atomic E-state index is 0.155. The fraction of sp³-hybridized carbons (Fsp3) is 0.333. The van der Waals surface area contributed by atoms with Gasteiger partial charge in [-0.3, -0.25) is 0 Å². The van der Waals surface area contributed by atoms with Gasteiger partial charge in [0, 0.05) is 6.42 Å². The molecule has 0 saturated carbocycles. The fourth-order valence-electron chi connectivity index (χ4n) is 1.47. The Balaban J connectivity index is 2.28. The van der Waals surface area contributed by atoms with Gasteiger partial charge in [0.15, 0.2) is 5.82 Å². The van der Waals surface area contributed by atoms with Crippen molar-refractivity contribution in [3.8, 4) is 17.2 Å². The predicted octanol–water partition coefficient (Wildman–Crippen LogP) is 2.64. The maximum atomic E-state index is 9.63. The first-order chi connectivity index (χ1) is 7.66. The lowest BCUT2D eigenvalue weighted by molar-refractivity contribution is 0.413. The van der Waals surface area contributed by atoms with Crippen LogP contribution >= 0.6 is 0 Å². The van der Waals surface area contributed by atoms with Crippen LogP contribution in [0.5, 0.6) is 5.75 Å². The van der Waals surface area contributed by atoms with E-state index in [0.717, 1.165) is 6.42 Å². The molecule has 0 unspecified atom stereocenters. The molecule has 1 aromatic carbocycles. The molecule has 2 rings (SSSR count). The number of nitrogens with zero attached hydrogens (tertiary/aromatic N) is 2. The summed E-state index contributed by atoms with van der Waals surface area (Å²) in [6.07, 6.45) is 0.775. The maximum absolute atomic E-state index is 9.63. The van der Waals surface area contributed by atoms with Crippen molar-refractivity contribution >= 4 is 0 Å². The van der Waals surface area contributed by atoms with Crippen molar-refractivity contribution in [2.24, 2.45) is 5.92 Å². The molecule has 0 atom stereocenters. The summed E-state index contributed by atoms with van der Waals surface area (Å²) >= 11 is 0. The minimum atomic E-state index is 0.155. The van der Waals surface area contributed by atoms with Gasteiger partial charge in [-0.05, 0) is 18.1 Å². The molecule has 4 nitrogen and oxygen atoms in total. The van der Waals surface area contributed by atoms with Gasteiger partial charge < -0.3 is 9.63 Å². The van der Waals surface area contributed by atoms with E-state index in [9.17, 15) is 5.11 Å². The summed E-state index contributed by atoms with van der Waals surface area (Å²) in [7, 11) is 0. The van der Waals surface area contributed by atoms with Crippen molar-refractivity contribution in [1.82, 2.24) is 10.1 Å². The van der Waals surface area contributed by atoms with Crippen LogP contribution in [0.4, 0.5) is 0 Å². The van der Waals surface area contributed by atoms with E-state index in [1.54, 1.807) is 18.2 Å². The maximum Gasteiger partial charge on any atom is 0.261 e. The van der Waals surface area contributed by atoms with Gasteiger partial charge in [0.05, 0.1) is 5.56 Å². The van der Waals surface area contributed by atoms with Crippen LogP contribution in [-0.4, -0.2) is 15.2 Å². The van der Waals surface area contributed by atoms with Crippen LogP contribution in [0.1, 0.15) is 19.7 Å². The van der Waals surface area contributed by atoms with Gasteiger partial charge in [-0.2, -0.15) is 4.98 Å². The van der Waals surface area contributed by atoms with Crippen molar-refractivity contribution in [1.29, 1.82) is 0 Å². The Bertz CT molecular complexity index is 477. The number of benzene rings is 1. The van der Waals surface area contributed by atoms with Crippen molar-refractivity contribution in [3.05, 3.63) is 30.1 Å². The van der Waals surface area contributed by atoms with Gasteiger partial charge in [-0.25, -0.2) is 0 Å². The quantitative estimate of drug-likeness (QED) is 0.860. The van der Waals surface area contributed by atoms with Crippen LogP contribution in [-0.2, 0) is 6.42 Å². The molecule has 0 aliphatic rings. The second-order valence-corrected chi connectivity index (χ2v) is 4.13. The lowest BCUT2D eigenvalue weighted by atomic mass is 10.1. The first-order valence-electron chi connectivity index (χ1n) is 5.27. The molecule has 2 aromatic rings. The average Bonchev–Trinajstić information content (AvgIpc) is 2.66. The van der Waals surface area contributed by atoms with E-state index in [-0.39, 0.29) is 5.75 Å². The Morgan fingerprint density at radius 2 is 2.06 bits per heavy atom. The molecule has 0 bridgehead atoms. The highest BCUT2D eigenvalue weighted by Crippen LogP contribution is 2.27. The van der Waals surface area contributed by atoms with E-state index in [0.29, 0.717) is 23.2 Å². The molecule has 0 aliphatic heterocycles. The first kappa shape index (κ1) is 10.7. The molecule has 0 aliphatic carbocycles. The van der Waals surface area contributed by atoms with Crippen LogP contribution in [0.15, 0.2) is 28.8 Å². The van der Waals surface area contributed by atoms with Crippen LogP contribution in [0.25, 0.3) is 11.5 Å². The Hall–Kier alpha value is -1.84. The summed E-state index contributed by atoms with van der Waals surface area (Å²) in [5, 5.41) is 13.5. The van der Waals surface area contributed by atoms with E-state index in [1.807, 2.05) is 6.07 Å². The van der Waals surface area contributed by atoms with E-state index < -0.39 is 0 Å². The third-order valence-electron chi connectivity index (χ3n) is 2.19. The third kappa shape index (κ3) is 2.21. The number of hydrogen-bond donors (Lipinski definition) is 1. The van der Waals surface area contributed by atoms with Crippen LogP contribution in [0, 0.1) is 5.92 Å². The van der Waals surface area contributed by atoms with Crippen molar-refractivity contribution < 1.29 is 9.63 Å². The molecule has 0 radical (unpaired) electrons. The predicted molar refractivity (Wildman–Crippen MR) is 59.9 cm³/mol. The second-order valence-electron chi connectivity index (χ2n) is 4.13. The lowest BCUT2D eigenvalue weighted by Gasteiger charge is -1.97. The molecule has 16 heavy (non-hydrogen) atoms. The molecule has 0 fully saturated rings. The first-order valence-corrected chi connectivity index (χ1v) is 5.27. The highest BCUT2D eigenvalue weighted by atomic mass is 16.5. The average molecular weight is 218 g/mol. The molecular formula is C12H14N2O2. The highest BCUT2D eigenvalue weighted by Gasteiger charge is 2.12. The van der Waals surface area contributed by atoms with E-state index in [4.69, 9.17) is 4.52 Å². The number of phenols is 1. The monoisotopic (exact) mass is 218 g/mol. The zero-order valence-electron chi connectivity index (χ0n) is 9.34. The molecular weight excluding hydrogens is 204 g/mol. The van der Waals surface area contributed by atoms with Crippen molar-refractivity contribution in [2.75, 3.05) is 0 Å². The second kappa shape index (κ2) is 4.35. The zero-order valence-corrected chi connectivity index (χ0v) is 9.34. The fourth-order valence-corrected chi connectivity index (χ4v) is 1.47. The van der Waals surface area contributed by atoms with Crippen LogP contribution in [0.2, 0.25) is 0 Å². The van der Waals surface area contributed by atoms with Gasteiger partial charge in [-0.1, -0.05) is 31.1 Å². The molecule has 0 saturated heterocycles. The molecule has 4 heteroatoms. The van der Waals surface area contributed by atoms with E-state index in [1.165, 1.54) is 0 Å². The third-order valence-corrected chi connectivity index (χ3v) is 2.19. The summed E-state index contributed by atoms with van der Waals surface area (Å²) in [6.45, 7) is 4.19. The zero-order chi connectivity index (χ0) is 11.5. The van der Waals surface area contributed by atoms with Gasteiger partial charge in [0.25, 0.3) is 5.89 Å². The number of hydrogen-bond acceptors (Lipinski definition) is 4. The SMILES string of the molecule is CC(C)Cc1noc(-c2ccccc2O)n1. The molecule has 1 aromatic heterocycles. The Morgan fingerprint density at radius 1 is 1.31 bits per heavy atom. The normalized spacial score (nSPS) is 10.9. The number of phenolic OH excluding ortho intramolecular Hbond substituents is 1. The Morgan fingerprint density at radius 3 is 2.75 bits per heavy atom. The molecule has 0 amide bonds. The van der Waals surface area contributed by atoms with Gasteiger partial charge in [0.1, 0.15) is 5.75 Å². The summed E-state index contributed by atoms with van der Waals surface area (Å²) in [4.78, 5) is 4.24. The number of aromatic nitrogens is 2. The van der Waals surface area contributed by atoms with Crippen LogP contribution in [0.3, 0.4) is 0 Å². The van der Waals surface area contributed by atoms with E-state index in [2.05, 4.69) is 24.0 Å². The number of rotatable bonds is 3. The molecule has 0 spiro atoms.